The maximum Gasteiger partial charge on any atom is 0.238 e. The van der Waals surface area contributed by atoms with Crippen LogP contribution in [0, 0.1) is 6.92 Å². The molecule has 0 aromatic heterocycles. The van der Waals surface area contributed by atoms with Gasteiger partial charge in [0, 0.05) is 25.0 Å². The number of hydrogen-bond acceptors (Lipinski definition) is 5. The molecule has 0 amide bonds. The van der Waals surface area contributed by atoms with Gasteiger partial charge in [0.1, 0.15) is 0 Å². The van der Waals surface area contributed by atoms with E-state index in [2.05, 4.69) is 0 Å². The minimum atomic E-state index is -3.79. The maximum atomic E-state index is 11.6. The molecule has 4 N–H and O–H groups in total. The SMILES string of the molecule is Cc1c(N(C)C2CCOC2C)cc(N)cc1S(N)(=O)=O. The van der Waals surface area contributed by atoms with Crippen LogP contribution in [-0.2, 0) is 14.8 Å². The molecule has 0 radical (unpaired) electrons. The Hall–Kier alpha value is -1.31. The summed E-state index contributed by atoms with van der Waals surface area (Å²) in [5.74, 6) is 0. The Kier molecular flexibility index (Phi) is 3.95. The van der Waals surface area contributed by atoms with Crippen molar-refractivity contribution < 1.29 is 13.2 Å². The number of rotatable bonds is 3. The molecule has 112 valence electrons. The number of nitrogen functional groups attached to an aromatic ring is 1. The first kappa shape index (κ1) is 15.1. The highest BCUT2D eigenvalue weighted by Gasteiger charge is 2.29. The van der Waals surface area contributed by atoms with E-state index in [1.54, 1.807) is 13.0 Å². The van der Waals surface area contributed by atoms with Crippen LogP contribution in [0.4, 0.5) is 11.4 Å². The Morgan fingerprint density at radius 2 is 2.05 bits per heavy atom. The lowest BCUT2D eigenvalue weighted by atomic mass is 10.1. The van der Waals surface area contributed by atoms with E-state index in [1.807, 2.05) is 18.9 Å². The van der Waals surface area contributed by atoms with E-state index >= 15 is 0 Å². The van der Waals surface area contributed by atoms with Gasteiger partial charge < -0.3 is 15.4 Å². The van der Waals surface area contributed by atoms with Gasteiger partial charge in [-0.2, -0.15) is 0 Å². The Morgan fingerprint density at radius 3 is 2.55 bits per heavy atom. The van der Waals surface area contributed by atoms with Crippen molar-refractivity contribution >= 4 is 21.4 Å². The van der Waals surface area contributed by atoms with Crippen LogP contribution in [-0.4, -0.2) is 34.2 Å². The second-order valence-corrected chi connectivity index (χ2v) is 6.78. The molecule has 1 aromatic carbocycles. The van der Waals surface area contributed by atoms with E-state index in [9.17, 15) is 8.42 Å². The zero-order valence-electron chi connectivity index (χ0n) is 12.0. The summed E-state index contributed by atoms with van der Waals surface area (Å²) in [5.41, 5.74) is 7.59. The zero-order chi connectivity index (χ0) is 15.1. The summed E-state index contributed by atoms with van der Waals surface area (Å²) in [6.07, 6.45) is 0.995. The third-order valence-corrected chi connectivity index (χ3v) is 4.91. The Bertz CT molecular complexity index is 616. The first-order valence-corrected chi connectivity index (χ1v) is 8.04. The molecule has 1 fully saturated rings. The predicted octanol–water partition coefficient (Wildman–Crippen LogP) is 0.838. The van der Waals surface area contributed by atoms with Crippen molar-refractivity contribution in [2.24, 2.45) is 5.14 Å². The van der Waals surface area contributed by atoms with Crippen LogP contribution in [0.15, 0.2) is 17.0 Å². The Balaban J connectivity index is 2.49. The molecule has 2 rings (SSSR count). The summed E-state index contributed by atoms with van der Waals surface area (Å²) in [4.78, 5) is 2.10. The summed E-state index contributed by atoms with van der Waals surface area (Å²) in [5, 5.41) is 5.25. The van der Waals surface area contributed by atoms with Crippen LogP contribution in [0.5, 0.6) is 0 Å². The average molecular weight is 299 g/mol. The number of nitrogens with zero attached hydrogens (tertiary/aromatic N) is 1. The highest BCUT2D eigenvalue weighted by molar-refractivity contribution is 7.89. The molecule has 1 aromatic rings. The van der Waals surface area contributed by atoms with Gasteiger partial charge in [-0.25, -0.2) is 13.6 Å². The van der Waals surface area contributed by atoms with Crippen LogP contribution in [0.25, 0.3) is 0 Å². The van der Waals surface area contributed by atoms with Gasteiger partial charge in [-0.3, -0.25) is 0 Å². The molecule has 1 heterocycles. The van der Waals surface area contributed by atoms with E-state index in [0.717, 1.165) is 12.1 Å². The highest BCUT2D eigenvalue weighted by atomic mass is 32.2. The summed E-state index contributed by atoms with van der Waals surface area (Å²) < 4.78 is 28.9. The van der Waals surface area contributed by atoms with Gasteiger partial charge in [0.25, 0.3) is 0 Å². The van der Waals surface area contributed by atoms with Crippen molar-refractivity contribution in [2.45, 2.75) is 37.3 Å². The molecule has 2 atom stereocenters. The molecule has 7 heteroatoms. The van der Waals surface area contributed by atoms with E-state index < -0.39 is 10.0 Å². The van der Waals surface area contributed by atoms with Gasteiger partial charge in [-0.1, -0.05) is 0 Å². The van der Waals surface area contributed by atoms with Crippen LogP contribution in [0.1, 0.15) is 18.9 Å². The quantitative estimate of drug-likeness (QED) is 0.806. The highest BCUT2D eigenvalue weighted by Crippen LogP contribution is 2.32. The third-order valence-electron chi connectivity index (χ3n) is 3.88. The number of likely N-dealkylation sites (N-methyl/N-ethyl adjacent to an activating group) is 1. The number of nitrogens with two attached hydrogens (primary N) is 2. The van der Waals surface area contributed by atoms with E-state index in [0.29, 0.717) is 17.9 Å². The molecule has 1 aliphatic rings. The molecule has 0 saturated carbocycles. The van der Waals surface area contributed by atoms with E-state index in [-0.39, 0.29) is 17.0 Å². The van der Waals surface area contributed by atoms with Crippen molar-refractivity contribution in [3.05, 3.63) is 17.7 Å². The monoisotopic (exact) mass is 299 g/mol. The molecular formula is C13H21N3O3S. The fourth-order valence-corrected chi connectivity index (χ4v) is 3.59. The fraction of sp³-hybridized carbons (Fsp3) is 0.538. The lowest BCUT2D eigenvalue weighted by Crippen LogP contribution is -2.37. The molecule has 0 aliphatic carbocycles. The maximum absolute atomic E-state index is 11.6. The van der Waals surface area contributed by atoms with Gasteiger partial charge in [-0.05, 0) is 38.0 Å². The number of benzene rings is 1. The molecule has 20 heavy (non-hydrogen) atoms. The number of hydrogen-bond donors (Lipinski definition) is 2. The van der Waals surface area contributed by atoms with Gasteiger partial charge in [0.15, 0.2) is 0 Å². The van der Waals surface area contributed by atoms with Gasteiger partial charge in [0.2, 0.25) is 10.0 Å². The Morgan fingerprint density at radius 1 is 1.40 bits per heavy atom. The molecular weight excluding hydrogens is 278 g/mol. The predicted molar refractivity (Wildman–Crippen MR) is 79.2 cm³/mol. The molecule has 1 aliphatic heterocycles. The lowest BCUT2D eigenvalue weighted by molar-refractivity contribution is 0.118. The molecule has 1 saturated heterocycles. The second kappa shape index (κ2) is 5.23. The summed E-state index contributed by atoms with van der Waals surface area (Å²) in [6, 6.07) is 3.37. The Labute approximate surface area is 119 Å². The molecule has 0 bridgehead atoms. The largest absolute Gasteiger partial charge is 0.399 e. The molecule has 2 unspecified atom stereocenters. The summed E-state index contributed by atoms with van der Waals surface area (Å²) in [7, 11) is -1.87. The van der Waals surface area contributed by atoms with Crippen molar-refractivity contribution in [2.75, 3.05) is 24.3 Å². The van der Waals surface area contributed by atoms with Crippen LogP contribution < -0.4 is 15.8 Å². The van der Waals surface area contributed by atoms with Gasteiger partial charge in [-0.15, -0.1) is 0 Å². The smallest absolute Gasteiger partial charge is 0.238 e. The number of ether oxygens (including phenoxy) is 1. The number of primary sulfonamides is 1. The van der Waals surface area contributed by atoms with Crippen LogP contribution in [0.2, 0.25) is 0 Å². The fourth-order valence-electron chi connectivity index (χ4n) is 2.76. The second-order valence-electron chi connectivity index (χ2n) is 5.25. The van der Waals surface area contributed by atoms with Crippen molar-refractivity contribution in [1.82, 2.24) is 0 Å². The zero-order valence-corrected chi connectivity index (χ0v) is 12.8. The average Bonchev–Trinajstić information content (AvgIpc) is 2.75. The topological polar surface area (TPSA) is 98.7 Å². The van der Waals surface area contributed by atoms with Crippen molar-refractivity contribution in [1.29, 1.82) is 0 Å². The third kappa shape index (κ3) is 2.74. The molecule has 6 nitrogen and oxygen atoms in total. The summed E-state index contributed by atoms with van der Waals surface area (Å²) in [6.45, 7) is 4.46. The lowest BCUT2D eigenvalue weighted by Gasteiger charge is -2.31. The van der Waals surface area contributed by atoms with E-state index in [4.69, 9.17) is 15.6 Å². The van der Waals surface area contributed by atoms with Crippen LogP contribution in [0.3, 0.4) is 0 Å². The standard InChI is InChI=1S/C13H21N3O3S/c1-8-12(16(3)11-4-5-19-9(11)2)6-10(14)7-13(8)20(15,17)18/h6-7,9,11H,4-5,14H2,1-3H3,(H2,15,17,18). The minimum absolute atomic E-state index is 0.0749. The first-order chi connectivity index (χ1) is 9.21. The van der Waals surface area contributed by atoms with Crippen molar-refractivity contribution in [3.8, 4) is 0 Å². The molecule has 0 spiro atoms. The summed E-state index contributed by atoms with van der Waals surface area (Å²) >= 11 is 0. The van der Waals surface area contributed by atoms with Crippen LogP contribution >= 0.6 is 0 Å². The first-order valence-electron chi connectivity index (χ1n) is 6.49. The number of sulfonamides is 1. The van der Waals surface area contributed by atoms with Crippen molar-refractivity contribution in [3.63, 3.8) is 0 Å². The minimum Gasteiger partial charge on any atom is -0.399 e. The number of anilines is 2. The normalized spacial score (nSPS) is 23.0. The van der Waals surface area contributed by atoms with Gasteiger partial charge in [0.05, 0.1) is 17.0 Å². The van der Waals surface area contributed by atoms with Gasteiger partial charge >= 0.3 is 0 Å². The van der Waals surface area contributed by atoms with E-state index in [1.165, 1.54) is 6.07 Å².